The number of benzene rings is 1. The molecule has 0 spiro atoms. The van der Waals surface area contributed by atoms with Crippen LogP contribution in [0.15, 0.2) is 48.8 Å². The Hall–Kier alpha value is -3.28. The Morgan fingerprint density at radius 2 is 1.93 bits per heavy atom. The third-order valence-electron chi connectivity index (χ3n) is 5.08. The van der Waals surface area contributed by atoms with Crippen LogP contribution in [0.25, 0.3) is 11.4 Å². The molecule has 6 heteroatoms. The monoisotopic (exact) mass is 373 g/mol. The Kier molecular flexibility index (Phi) is 5.02. The highest BCUT2D eigenvalue weighted by Gasteiger charge is 2.21. The largest absolute Gasteiger partial charge is 0.366 e. The van der Waals surface area contributed by atoms with Crippen LogP contribution in [0, 0.1) is 13.8 Å². The lowest BCUT2D eigenvalue weighted by Gasteiger charge is -2.17. The third kappa shape index (κ3) is 3.71. The molecule has 1 amide bonds. The summed E-state index contributed by atoms with van der Waals surface area (Å²) in [4.78, 5) is 27.3. The van der Waals surface area contributed by atoms with Crippen molar-refractivity contribution in [2.75, 3.05) is 16.8 Å². The third-order valence-corrected chi connectivity index (χ3v) is 5.08. The molecule has 0 saturated carbocycles. The van der Waals surface area contributed by atoms with E-state index < -0.39 is 0 Å². The number of aryl methyl sites for hydroxylation is 1. The fraction of sp³-hybridized carbons (Fsp3) is 0.273. The van der Waals surface area contributed by atoms with Gasteiger partial charge in [-0.2, -0.15) is 0 Å². The normalized spacial score (nSPS) is 13.8. The second-order valence-electron chi connectivity index (χ2n) is 7.01. The molecule has 0 atom stereocenters. The summed E-state index contributed by atoms with van der Waals surface area (Å²) in [6.45, 7) is 5.44. The topological polar surface area (TPSA) is 71.0 Å². The average Bonchev–Trinajstić information content (AvgIpc) is 3.16. The van der Waals surface area contributed by atoms with Gasteiger partial charge in [-0.05, 0) is 50.1 Å². The molecule has 3 heterocycles. The Morgan fingerprint density at radius 1 is 1.11 bits per heavy atom. The van der Waals surface area contributed by atoms with Gasteiger partial charge >= 0.3 is 0 Å². The molecular weight excluding hydrogens is 350 g/mol. The van der Waals surface area contributed by atoms with Gasteiger partial charge in [0.25, 0.3) is 0 Å². The molecule has 28 heavy (non-hydrogen) atoms. The molecule has 0 aliphatic carbocycles. The van der Waals surface area contributed by atoms with Crippen LogP contribution in [-0.2, 0) is 11.3 Å². The highest BCUT2D eigenvalue weighted by atomic mass is 16.2. The Balaban J connectivity index is 1.55. The quantitative estimate of drug-likeness (QED) is 0.734. The van der Waals surface area contributed by atoms with Crippen molar-refractivity contribution in [2.24, 2.45) is 0 Å². The SMILES string of the molecule is Cc1nc(-c2ccncc2)nc(NCc2cccc(N3CCCC3=O)c2)c1C. The van der Waals surface area contributed by atoms with E-state index in [1.54, 1.807) is 12.4 Å². The summed E-state index contributed by atoms with van der Waals surface area (Å²) in [5.41, 5.74) is 4.99. The predicted molar refractivity (Wildman–Crippen MR) is 110 cm³/mol. The summed E-state index contributed by atoms with van der Waals surface area (Å²) in [7, 11) is 0. The smallest absolute Gasteiger partial charge is 0.227 e. The predicted octanol–water partition coefficient (Wildman–Crippen LogP) is 3.89. The van der Waals surface area contributed by atoms with Crippen LogP contribution in [0.2, 0.25) is 0 Å². The lowest BCUT2D eigenvalue weighted by Crippen LogP contribution is -2.23. The Morgan fingerprint density at radius 3 is 2.68 bits per heavy atom. The first-order valence-corrected chi connectivity index (χ1v) is 9.50. The second kappa shape index (κ2) is 7.76. The van der Waals surface area contributed by atoms with Crippen molar-refractivity contribution in [3.8, 4) is 11.4 Å². The van der Waals surface area contributed by atoms with Gasteiger partial charge in [-0.25, -0.2) is 9.97 Å². The van der Waals surface area contributed by atoms with Gasteiger partial charge in [0, 0.05) is 54.4 Å². The van der Waals surface area contributed by atoms with Gasteiger partial charge in [-0.15, -0.1) is 0 Å². The zero-order chi connectivity index (χ0) is 19.5. The maximum absolute atomic E-state index is 12.0. The lowest BCUT2D eigenvalue weighted by atomic mass is 10.1. The van der Waals surface area contributed by atoms with E-state index in [0.29, 0.717) is 18.8 Å². The number of hydrogen-bond donors (Lipinski definition) is 1. The number of pyridine rings is 1. The summed E-state index contributed by atoms with van der Waals surface area (Å²) >= 11 is 0. The van der Waals surface area contributed by atoms with Gasteiger partial charge in [0.15, 0.2) is 5.82 Å². The van der Waals surface area contributed by atoms with E-state index in [4.69, 9.17) is 4.98 Å². The molecular formula is C22H23N5O. The molecule has 1 fully saturated rings. The number of rotatable bonds is 5. The van der Waals surface area contributed by atoms with E-state index in [1.165, 1.54) is 0 Å². The van der Waals surface area contributed by atoms with Gasteiger partial charge in [0.05, 0.1) is 0 Å². The van der Waals surface area contributed by atoms with Crippen molar-refractivity contribution in [1.82, 2.24) is 15.0 Å². The minimum Gasteiger partial charge on any atom is -0.366 e. The first kappa shape index (κ1) is 18.1. The van der Waals surface area contributed by atoms with Crippen molar-refractivity contribution in [3.05, 3.63) is 65.6 Å². The van der Waals surface area contributed by atoms with E-state index in [9.17, 15) is 4.79 Å². The molecule has 1 aromatic carbocycles. The average molecular weight is 373 g/mol. The van der Waals surface area contributed by atoms with Crippen LogP contribution in [0.4, 0.5) is 11.5 Å². The number of carbonyl (C=O) groups excluding carboxylic acids is 1. The standard InChI is InChI=1S/C22H23N5O/c1-15-16(2)25-22(18-8-10-23-11-9-18)26-21(15)24-14-17-5-3-6-19(13-17)27-12-4-7-20(27)28/h3,5-6,8-11,13H,4,7,12,14H2,1-2H3,(H,24,25,26). The lowest BCUT2D eigenvalue weighted by molar-refractivity contribution is -0.117. The molecule has 1 saturated heterocycles. The maximum Gasteiger partial charge on any atom is 0.227 e. The molecule has 1 N–H and O–H groups in total. The Bertz CT molecular complexity index is 1000. The van der Waals surface area contributed by atoms with Gasteiger partial charge in [-0.1, -0.05) is 12.1 Å². The minimum atomic E-state index is 0.203. The molecule has 4 rings (SSSR count). The van der Waals surface area contributed by atoms with Gasteiger partial charge < -0.3 is 10.2 Å². The van der Waals surface area contributed by atoms with E-state index in [-0.39, 0.29) is 5.91 Å². The molecule has 0 unspecified atom stereocenters. The van der Waals surface area contributed by atoms with Crippen molar-refractivity contribution in [2.45, 2.75) is 33.2 Å². The zero-order valence-electron chi connectivity index (χ0n) is 16.1. The molecule has 6 nitrogen and oxygen atoms in total. The number of hydrogen-bond acceptors (Lipinski definition) is 5. The van der Waals surface area contributed by atoms with Crippen LogP contribution in [0.5, 0.6) is 0 Å². The fourth-order valence-electron chi connectivity index (χ4n) is 3.37. The highest BCUT2D eigenvalue weighted by molar-refractivity contribution is 5.95. The number of anilines is 2. The number of aromatic nitrogens is 3. The van der Waals surface area contributed by atoms with Crippen molar-refractivity contribution >= 4 is 17.4 Å². The molecule has 142 valence electrons. The molecule has 0 bridgehead atoms. The Labute approximate surface area is 164 Å². The molecule has 0 radical (unpaired) electrons. The van der Waals surface area contributed by atoms with Crippen molar-refractivity contribution < 1.29 is 4.79 Å². The van der Waals surface area contributed by atoms with Gasteiger partial charge in [0.1, 0.15) is 5.82 Å². The van der Waals surface area contributed by atoms with Crippen molar-refractivity contribution in [3.63, 3.8) is 0 Å². The first-order chi connectivity index (χ1) is 13.6. The fourth-order valence-corrected chi connectivity index (χ4v) is 3.37. The van der Waals surface area contributed by atoms with Crippen LogP contribution >= 0.6 is 0 Å². The second-order valence-corrected chi connectivity index (χ2v) is 7.01. The van der Waals surface area contributed by atoms with Gasteiger partial charge in [-0.3, -0.25) is 9.78 Å². The van der Waals surface area contributed by atoms with E-state index >= 15 is 0 Å². The number of nitrogens with one attached hydrogen (secondary N) is 1. The summed E-state index contributed by atoms with van der Waals surface area (Å²) in [5.74, 6) is 1.71. The number of amides is 1. The highest BCUT2D eigenvalue weighted by Crippen LogP contribution is 2.24. The molecule has 1 aliphatic heterocycles. The van der Waals surface area contributed by atoms with Crippen molar-refractivity contribution in [1.29, 1.82) is 0 Å². The maximum atomic E-state index is 12.0. The summed E-state index contributed by atoms with van der Waals surface area (Å²) in [5, 5.41) is 3.44. The first-order valence-electron chi connectivity index (χ1n) is 9.50. The summed E-state index contributed by atoms with van der Waals surface area (Å²) < 4.78 is 0. The molecule has 3 aromatic rings. The summed E-state index contributed by atoms with van der Waals surface area (Å²) in [6.07, 6.45) is 5.05. The van der Waals surface area contributed by atoms with E-state index in [2.05, 4.69) is 27.4 Å². The van der Waals surface area contributed by atoms with Gasteiger partial charge in [0.2, 0.25) is 5.91 Å². The summed E-state index contributed by atoms with van der Waals surface area (Å²) in [6, 6.07) is 11.9. The molecule has 1 aliphatic rings. The zero-order valence-corrected chi connectivity index (χ0v) is 16.1. The van der Waals surface area contributed by atoms with Crippen LogP contribution < -0.4 is 10.2 Å². The molecule has 2 aromatic heterocycles. The minimum absolute atomic E-state index is 0.203. The number of nitrogens with zero attached hydrogens (tertiary/aromatic N) is 4. The van der Waals surface area contributed by atoms with E-state index in [1.807, 2.05) is 43.0 Å². The van der Waals surface area contributed by atoms with Crippen LogP contribution in [-0.4, -0.2) is 27.4 Å². The van der Waals surface area contributed by atoms with Crippen LogP contribution in [0.3, 0.4) is 0 Å². The van der Waals surface area contributed by atoms with E-state index in [0.717, 1.165) is 46.9 Å². The van der Waals surface area contributed by atoms with Crippen LogP contribution in [0.1, 0.15) is 29.7 Å². The number of carbonyl (C=O) groups is 1.